The van der Waals surface area contributed by atoms with Crippen LogP contribution < -0.4 is 15.4 Å². The zero-order chi connectivity index (χ0) is 19.8. The van der Waals surface area contributed by atoms with Gasteiger partial charge in [0.15, 0.2) is 5.96 Å². The van der Waals surface area contributed by atoms with Gasteiger partial charge in [0.25, 0.3) is 0 Å². The Morgan fingerprint density at radius 2 is 1.93 bits per heavy atom. The summed E-state index contributed by atoms with van der Waals surface area (Å²) in [7, 11) is 3.37. The third kappa shape index (κ3) is 6.30. The van der Waals surface area contributed by atoms with Crippen molar-refractivity contribution >= 4 is 5.96 Å². The number of nitrogens with zero attached hydrogens (tertiary/aromatic N) is 1. The number of ether oxygens (including phenoxy) is 2. The first kappa shape index (κ1) is 21.3. The van der Waals surface area contributed by atoms with Crippen molar-refractivity contribution < 1.29 is 22.6 Å². The summed E-state index contributed by atoms with van der Waals surface area (Å²) in [5.41, 5.74) is -0.520. The summed E-state index contributed by atoms with van der Waals surface area (Å²) in [6.07, 6.45) is 0.130. The van der Waals surface area contributed by atoms with Crippen molar-refractivity contribution in [2.24, 2.45) is 10.4 Å². The van der Waals surface area contributed by atoms with Gasteiger partial charge < -0.3 is 20.1 Å². The fourth-order valence-electron chi connectivity index (χ4n) is 3.16. The second-order valence-corrected chi connectivity index (χ2v) is 6.79. The largest absolute Gasteiger partial charge is 0.491 e. The van der Waals surface area contributed by atoms with Crippen LogP contribution in [-0.4, -0.2) is 46.4 Å². The van der Waals surface area contributed by atoms with Gasteiger partial charge in [-0.2, -0.15) is 13.2 Å². The molecule has 0 bridgehead atoms. The van der Waals surface area contributed by atoms with Gasteiger partial charge in [-0.25, -0.2) is 0 Å². The molecule has 2 N–H and O–H groups in total. The quantitative estimate of drug-likeness (QED) is 0.387. The molecular formula is C19H28F3N3O2. The number of para-hydroxylation sites is 1. The zero-order valence-corrected chi connectivity index (χ0v) is 15.9. The van der Waals surface area contributed by atoms with E-state index in [4.69, 9.17) is 9.47 Å². The number of guanidine groups is 1. The summed E-state index contributed by atoms with van der Waals surface area (Å²) in [6, 6.07) is 5.21. The Labute approximate surface area is 158 Å². The lowest BCUT2D eigenvalue weighted by atomic mass is 9.67. The highest BCUT2D eigenvalue weighted by Gasteiger charge is 2.36. The van der Waals surface area contributed by atoms with Gasteiger partial charge in [0.2, 0.25) is 0 Å². The van der Waals surface area contributed by atoms with Crippen molar-refractivity contribution in [2.75, 3.05) is 40.5 Å². The van der Waals surface area contributed by atoms with E-state index in [1.807, 2.05) is 0 Å². The molecule has 0 saturated heterocycles. The molecule has 5 nitrogen and oxygen atoms in total. The molecule has 8 heteroatoms. The number of halogens is 3. The van der Waals surface area contributed by atoms with Gasteiger partial charge in [-0.05, 0) is 36.8 Å². The Bertz CT molecular complexity index is 616. The van der Waals surface area contributed by atoms with Crippen LogP contribution in [0.25, 0.3) is 0 Å². The Balaban J connectivity index is 1.76. The van der Waals surface area contributed by atoms with E-state index in [0.717, 1.165) is 38.5 Å². The van der Waals surface area contributed by atoms with Crippen molar-refractivity contribution in [3.05, 3.63) is 29.8 Å². The van der Waals surface area contributed by atoms with Crippen LogP contribution in [0.4, 0.5) is 13.2 Å². The van der Waals surface area contributed by atoms with Crippen LogP contribution in [0, 0.1) is 5.41 Å². The molecule has 0 aromatic heterocycles. The minimum atomic E-state index is -4.43. The Hall–Kier alpha value is -1.96. The molecule has 0 amide bonds. The average Bonchev–Trinajstić information content (AvgIpc) is 2.61. The molecule has 0 aliphatic heterocycles. The highest BCUT2D eigenvalue weighted by Crippen LogP contribution is 2.43. The van der Waals surface area contributed by atoms with Gasteiger partial charge >= 0.3 is 6.18 Å². The number of rotatable bonds is 9. The molecule has 2 rings (SSSR count). The van der Waals surface area contributed by atoms with Crippen LogP contribution in [0.3, 0.4) is 0 Å². The second kappa shape index (κ2) is 9.82. The molecule has 27 heavy (non-hydrogen) atoms. The van der Waals surface area contributed by atoms with E-state index in [1.54, 1.807) is 14.2 Å². The molecule has 1 aliphatic carbocycles. The second-order valence-electron chi connectivity index (χ2n) is 6.79. The molecule has 0 atom stereocenters. The summed E-state index contributed by atoms with van der Waals surface area (Å²) < 4.78 is 49.3. The van der Waals surface area contributed by atoms with Crippen molar-refractivity contribution in [3.63, 3.8) is 0 Å². The van der Waals surface area contributed by atoms with Crippen molar-refractivity contribution in [1.82, 2.24) is 10.6 Å². The van der Waals surface area contributed by atoms with E-state index in [-0.39, 0.29) is 17.8 Å². The van der Waals surface area contributed by atoms with E-state index in [0.29, 0.717) is 12.5 Å². The lowest BCUT2D eigenvalue weighted by Gasteiger charge is -2.42. The monoisotopic (exact) mass is 387 g/mol. The smallest absolute Gasteiger partial charge is 0.419 e. The Morgan fingerprint density at radius 3 is 2.52 bits per heavy atom. The summed E-state index contributed by atoms with van der Waals surface area (Å²) in [5.74, 6) is 0.453. The predicted molar refractivity (Wildman–Crippen MR) is 99.1 cm³/mol. The topological polar surface area (TPSA) is 54.9 Å². The maximum atomic E-state index is 12.9. The Kier molecular flexibility index (Phi) is 7.77. The molecule has 1 aliphatic rings. The summed E-state index contributed by atoms with van der Waals surface area (Å²) in [5, 5.41) is 6.38. The highest BCUT2D eigenvalue weighted by molar-refractivity contribution is 5.79. The van der Waals surface area contributed by atoms with E-state index in [2.05, 4.69) is 15.6 Å². The van der Waals surface area contributed by atoms with Gasteiger partial charge in [-0.3, -0.25) is 4.99 Å². The molecule has 1 saturated carbocycles. The lowest BCUT2D eigenvalue weighted by Crippen LogP contribution is -2.47. The van der Waals surface area contributed by atoms with Crippen molar-refractivity contribution in [2.45, 2.75) is 31.9 Å². The summed E-state index contributed by atoms with van der Waals surface area (Å²) >= 11 is 0. The number of hydrogen-bond donors (Lipinski definition) is 2. The van der Waals surface area contributed by atoms with Gasteiger partial charge in [-0.1, -0.05) is 18.6 Å². The fourth-order valence-corrected chi connectivity index (χ4v) is 3.16. The maximum Gasteiger partial charge on any atom is 0.419 e. The van der Waals surface area contributed by atoms with Crippen LogP contribution in [-0.2, 0) is 10.9 Å². The molecule has 0 radical (unpaired) electrons. The van der Waals surface area contributed by atoms with Gasteiger partial charge in [0.05, 0.1) is 12.1 Å². The number of benzene rings is 1. The third-order valence-corrected chi connectivity index (χ3v) is 4.95. The first-order valence-electron chi connectivity index (χ1n) is 9.13. The van der Waals surface area contributed by atoms with Gasteiger partial charge in [0, 0.05) is 27.3 Å². The standard InChI is InChI=1S/C19H28F3N3O2/c1-23-17(25-14-18(8-5-9-18)10-12-26-2)24-11-13-27-16-7-4-3-6-15(16)19(20,21)22/h3-4,6-7H,5,8-14H2,1-2H3,(H2,23,24,25). The number of nitrogens with one attached hydrogen (secondary N) is 2. The fraction of sp³-hybridized carbons (Fsp3) is 0.632. The van der Waals surface area contributed by atoms with E-state index >= 15 is 0 Å². The average molecular weight is 387 g/mol. The first-order chi connectivity index (χ1) is 12.9. The van der Waals surface area contributed by atoms with Crippen molar-refractivity contribution in [3.8, 4) is 5.75 Å². The van der Waals surface area contributed by atoms with Crippen molar-refractivity contribution in [1.29, 1.82) is 0 Å². The molecule has 0 heterocycles. The van der Waals surface area contributed by atoms with Crippen LogP contribution in [0.1, 0.15) is 31.2 Å². The summed E-state index contributed by atoms with van der Waals surface area (Å²) in [4.78, 5) is 4.16. The molecule has 1 fully saturated rings. The first-order valence-corrected chi connectivity index (χ1v) is 9.13. The predicted octanol–water partition coefficient (Wildman–Crippen LogP) is 3.46. The number of alkyl halides is 3. The number of aliphatic imine (C=N–C) groups is 1. The highest BCUT2D eigenvalue weighted by atomic mass is 19.4. The normalized spacial score (nSPS) is 16.6. The third-order valence-electron chi connectivity index (χ3n) is 4.95. The SMILES string of the molecule is CN=C(NCCOc1ccccc1C(F)(F)F)NCC1(CCOC)CCC1. The molecule has 1 aromatic rings. The summed E-state index contributed by atoms with van der Waals surface area (Å²) in [6.45, 7) is 1.98. The number of hydrogen-bond acceptors (Lipinski definition) is 3. The van der Waals surface area contributed by atoms with Gasteiger partial charge in [0.1, 0.15) is 12.4 Å². The molecule has 0 spiro atoms. The van der Waals surface area contributed by atoms with Crippen LogP contribution >= 0.6 is 0 Å². The Morgan fingerprint density at radius 1 is 1.19 bits per heavy atom. The van der Waals surface area contributed by atoms with E-state index < -0.39 is 11.7 Å². The van der Waals surface area contributed by atoms with Gasteiger partial charge in [-0.15, -0.1) is 0 Å². The molecule has 1 aromatic carbocycles. The lowest BCUT2D eigenvalue weighted by molar-refractivity contribution is -0.138. The minimum Gasteiger partial charge on any atom is -0.491 e. The van der Waals surface area contributed by atoms with E-state index in [1.165, 1.54) is 24.6 Å². The minimum absolute atomic E-state index is 0.0998. The number of methoxy groups -OCH3 is 1. The van der Waals surface area contributed by atoms with Crippen LogP contribution in [0.2, 0.25) is 0 Å². The van der Waals surface area contributed by atoms with E-state index in [9.17, 15) is 13.2 Å². The molecule has 152 valence electrons. The molecule has 0 unspecified atom stereocenters. The van der Waals surface area contributed by atoms with Crippen LogP contribution in [0.15, 0.2) is 29.3 Å². The maximum absolute atomic E-state index is 12.9. The van der Waals surface area contributed by atoms with Crippen LogP contribution in [0.5, 0.6) is 5.75 Å². The molecular weight excluding hydrogens is 359 g/mol. The zero-order valence-electron chi connectivity index (χ0n) is 15.9.